The number of rotatable bonds is 16. The maximum absolute atomic E-state index is 11.4. The van der Waals surface area contributed by atoms with Gasteiger partial charge in [0.2, 0.25) is 5.91 Å². The number of hydrogen-bond acceptors (Lipinski definition) is 4. The molecule has 5 nitrogen and oxygen atoms in total. The lowest BCUT2D eigenvalue weighted by molar-refractivity contribution is -0.122. The first-order chi connectivity index (χ1) is 13.1. The van der Waals surface area contributed by atoms with Gasteiger partial charge >= 0.3 is 0 Å². The van der Waals surface area contributed by atoms with Gasteiger partial charge in [0.25, 0.3) is 0 Å². The summed E-state index contributed by atoms with van der Waals surface area (Å²) in [6.45, 7) is 3.41. The van der Waals surface area contributed by atoms with Gasteiger partial charge in [-0.1, -0.05) is 38.7 Å². The van der Waals surface area contributed by atoms with Crippen molar-refractivity contribution < 1.29 is 19.0 Å². The molecule has 0 aliphatic heterocycles. The van der Waals surface area contributed by atoms with Gasteiger partial charge in [-0.25, -0.2) is 0 Å². The molecular formula is C22H37NO4. The van der Waals surface area contributed by atoms with E-state index in [-0.39, 0.29) is 11.8 Å². The standard InChI is InChI=1S/C22H37NO4/c1-4-10-19(22(23)24)12-8-6-5-7-11-18-13-14-20(26-3)21(17-18)27-16-9-15-25-2/h13-14,17,19H,4-12,15-16H2,1-3H3,(H2,23,24). The second kappa shape index (κ2) is 14.3. The first-order valence-electron chi connectivity index (χ1n) is 10.2. The van der Waals surface area contributed by atoms with Gasteiger partial charge in [-0.2, -0.15) is 0 Å². The molecule has 1 aromatic rings. The lowest BCUT2D eigenvalue weighted by Gasteiger charge is -2.13. The van der Waals surface area contributed by atoms with Crippen molar-refractivity contribution >= 4 is 5.91 Å². The first-order valence-corrected chi connectivity index (χ1v) is 10.2. The zero-order chi connectivity index (χ0) is 19.9. The van der Waals surface area contributed by atoms with E-state index in [0.717, 1.165) is 69.3 Å². The fourth-order valence-corrected chi connectivity index (χ4v) is 3.23. The molecule has 1 amide bonds. The van der Waals surface area contributed by atoms with E-state index in [0.29, 0.717) is 13.2 Å². The molecule has 0 aromatic heterocycles. The van der Waals surface area contributed by atoms with E-state index < -0.39 is 0 Å². The van der Waals surface area contributed by atoms with E-state index in [9.17, 15) is 4.79 Å². The minimum absolute atomic E-state index is 0.0504. The number of nitrogens with two attached hydrogens (primary N) is 1. The zero-order valence-electron chi connectivity index (χ0n) is 17.3. The number of aryl methyl sites for hydroxylation is 1. The summed E-state index contributed by atoms with van der Waals surface area (Å²) in [7, 11) is 3.36. The van der Waals surface area contributed by atoms with Crippen LogP contribution in [0.1, 0.15) is 63.9 Å². The molecule has 5 heteroatoms. The van der Waals surface area contributed by atoms with E-state index in [1.54, 1.807) is 14.2 Å². The number of amides is 1. The van der Waals surface area contributed by atoms with E-state index in [4.69, 9.17) is 19.9 Å². The summed E-state index contributed by atoms with van der Waals surface area (Å²) in [6.07, 6.45) is 9.23. The number of benzene rings is 1. The topological polar surface area (TPSA) is 70.8 Å². The van der Waals surface area contributed by atoms with Gasteiger partial charge in [-0.3, -0.25) is 4.79 Å². The van der Waals surface area contributed by atoms with Crippen molar-refractivity contribution in [2.45, 2.75) is 64.7 Å². The largest absolute Gasteiger partial charge is 0.493 e. The first kappa shape index (κ1) is 23.3. The highest BCUT2D eigenvalue weighted by molar-refractivity contribution is 5.76. The summed E-state index contributed by atoms with van der Waals surface area (Å²) >= 11 is 0. The van der Waals surface area contributed by atoms with Gasteiger partial charge in [0.05, 0.1) is 13.7 Å². The van der Waals surface area contributed by atoms with Gasteiger partial charge in [0.15, 0.2) is 11.5 Å². The van der Waals surface area contributed by atoms with E-state index in [1.807, 2.05) is 6.07 Å². The zero-order valence-corrected chi connectivity index (χ0v) is 17.3. The Morgan fingerprint density at radius 2 is 1.78 bits per heavy atom. The highest BCUT2D eigenvalue weighted by Gasteiger charge is 2.13. The Morgan fingerprint density at radius 1 is 1.00 bits per heavy atom. The van der Waals surface area contributed by atoms with Crippen molar-refractivity contribution in [2.24, 2.45) is 11.7 Å². The number of methoxy groups -OCH3 is 2. The maximum Gasteiger partial charge on any atom is 0.220 e. The highest BCUT2D eigenvalue weighted by Crippen LogP contribution is 2.29. The summed E-state index contributed by atoms with van der Waals surface area (Å²) in [5.74, 6) is 1.47. The molecule has 2 N–H and O–H groups in total. The number of ether oxygens (including phenoxy) is 3. The van der Waals surface area contributed by atoms with Gasteiger partial charge in [-0.15, -0.1) is 0 Å². The third-order valence-corrected chi connectivity index (χ3v) is 4.79. The predicted octanol–water partition coefficient (Wildman–Crippen LogP) is 4.51. The SMILES string of the molecule is CCCC(CCCCCCc1ccc(OC)c(OCCCOC)c1)C(N)=O. The lowest BCUT2D eigenvalue weighted by atomic mass is 9.95. The Hall–Kier alpha value is -1.75. The van der Waals surface area contributed by atoms with Crippen LogP contribution in [0, 0.1) is 5.92 Å². The molecule has 1 aromatic carbocycles. The average Bonchev–Trinajstić information content (AvgIpc) is 2.67. The monoisotopic (exact) mass is 379 g/mol. The van der Waals surface area contributed by atoms with Crippen LogP contribution >= 0.6 is 0 Å². The van der Waals surface area contributed by atoms with Gasteiger partial charge in [-0.05, 0) is 43.4 Å². The Labute approximate surface area is 164 Å². The van der Waals surface area contributed by atoms with Crippen LogP contribution in [0.3, 0.4) is 0 Å². The number of primary amides is 1. The third-order valence-electron chi connectivity index (χ3n) is 4.79. The van der Waals surface area contributed by atoms with Gasteiger partial charge in [0, 0.05) is 26.1 Å². The molecule has 0 aliphatic rings. The molecule has 0 aliphatic carbocycles. The summed E-state index contributed by atoms with van der Waals surface area (Å²) in [6, 6.07) is 6.16. The quantitative estimate of drug-likeness (QED) is 0.429. The molecule has 0 radical (unpaired) electrons. The number of unbranched alkanes of at least 4 members (excludes halogenated alkanes) is 3. The van der Waals surface area contributed by atoms with Crippen LogP contribution in [0.15, 0.2) is 18.2 Å². The summed E-state index contributed by atoms with van der Waals surface area (Å²) < 4.78 is 16.3. The Morgan fingerprint density at radius 3 is 2.44 bits per heavy atom. The van der Waals surface area contributed by atoms with Crippen LogP contribution < -0.4 is 15.2 Å². The Bertz CT molecular complexity index is 533. The fourth-order valence-electron chi connectivity index (χ4n) is 3.23. The molecule has 1 atom stereocenters. The molecule has 154 valence electrons. The molecule has 0 heterocycles. The smallest absolute Gasteiger partial charge is 0.220 e. The summed E-state index contributed by atoms with van der Waals surface area (Å²) in [5, 5.41) is 0. The van der Waals surface area contributed by atoms with Gasteiger partial charge in [0.1, 0.15) is 0 Å². The lowest BCUT2D eigenvalue weighted by Crippen LogP contribution is -2.23. The van der Waals surface area contributed by atoms with Crippen molar-refractivity contribution in [3.05, 3.63) is 23.8 Å². The highest BCUT2D eigenvalue weighted by atomic mass is 16.5. The van der Waals surface area contributed by atoms with E-state index in [2.05, 4.69) is 19.1 Å². The minimum atomic E-state index is -0.145. The number of hydrogen-bond donors (Lipinski definition) is 1. The molecule has 1 rings (SSSR count). The van der Waals surface area contributed by atoms with Crippen LogP contribution in [0.25, 0.3) is 0 Å². The van der Waals surface area contributed by atoms with Crippen LogP contribution in [-0.4, -0.2) is 33.3 Å². The van der Waals surface area contributed by atoms with Crippen molar-refractivity contribution in [1.82, 2.24) is 0 Å². The Kier molecular flexibility index (Phi) is 12.4. The Balaban J connectivity index is 2.34. The van der Waals surface area contributed by atoms with E-state index in [1.165, 1.54) is 5.56 Å². The second-order valence-corrected chi connectivity index (χ2v) is 7.02. The molecule has 0 fully saturated rings. The third kappa shape index (κ3) is 9.66. The van der Waals surface area contributed by atoms with Crippen LogP contribution in [0.5, 0.6) is 11.5 Å². The maximum atomic E-state index is 11.4. The van der Waals surface area contributed by atoms with Crippen molar-refractivity contribution in [3.8, 4) is 11.5 Å². The van der Waals surface area contributed by atoms with Crippen molar-refractivity contribution in [2.75, 3.05) is 27.4 Å². The fraction of sp³-hybridized carbons (Fsp3) is 0.682. The van der Waals surface area contributed by atoms with Gasteiger partial charge < -0.3 is 19.9 Å². The van der Waals surface area contributed by atoms with Crippen molar-refractivity contribution in [3.63, 3.8) is 0 Å². The van der Waals surface area contributed by atoms with Crippen LogP contribution in [0.4, 0.5) is 0 Å². The van der Waals surface area contributed by atoms with E-state index >= 15 is 0 Å². The molecule has 0 saturated carbocycles. The molecule has 0 saturated heterocycles. The number of carbonyl (C=O) groups is 1. The second-order valence-electron chi connectivity index (χ2n) is 7.02. The summed E-state index contributed by atoms with van der Waals surface area (Å²) in [4.78, 5) is 11.4. The number of carbonyl (C=O) groups excluding carboxylic acids is 1. The average molecular weight is 380 g/mol. The molecular weight excluding hydrogens is 342 g/mol. The molecule has 0 spiro atoms. The molecule has 0 bridgehead atoms. The van der Waals surface area contributed by atoms with Crippen LogP contribution in [-0.2, 0) is 16.0 Å². The molecule has 1 unspecified atom stereocenters. The predicted molar refractivity (Wildman–Crippen MR) is 109 cm³/mol. The summed E-state index contributed by atoms with van der Waals surface area (Å²) in [5.41, 5.74) is 6.72. The van der Waals surface area contributed by atoms with Crippen molar-refractivity contribution in [1.29, 1.82) is 0 Å². The molecule has 27 heavy (non-hydrogen) atoms. The van der Waals surface area contributed by atoms with Crippen LogP contribution in [0.2, 0.25) is 0 Å². The minimum Gasteiger partial charge on any atom is -0.493 e. The normalized spacial score (nSPS) is 12.0.